The Hall–Kier alpha value is 0. The molecule has 0 aliphatic carbocycles. The Morgan fingerprint density at radius 1 is 0.667 bits per heavy atom. The van der Waals surface area contributed by atoms with Crippen molar-refractivity contribution in [3.63, 3.8) is 0 Å². The van der Waals surface area contributed by atoms with Crippen LogP contribution in [0.3, 0.4) is 0 Å². The van der Waals surface area contributed by atoms with Crippen LogP contribution < -0.4 is 0 Å². The topological polar surface area (TPSA) is 0 Å². The zero-order valence-corrected chi connectivity index (χ0v) is 14.4. The predicted molar refractivity (Wildman–Crippen MR) is 87.1 cm³/mol. The summed E-state index contributed by atoms with van der Waals surface area (Å²) >= 11 is 0. The van der Waals surface area contributed by atoms with Crippen LogP contribution in [0.1, 0.15) is 99.8 Å². The highest BCUT2D eigenvalue weighted by atomic mass is 14.2. The van der Waals surface area contributed by atoms with Gasteiger partial charge in [0.15, 0.2) is 0 Å². The summed E-state index contributed by atoms with van der Waals surface area (Å²) in [5.74, 6) is 2.76. The molecule has 0 aromatic carbocycles. The molecule has 0 aromatic rings. The fraction of sp³-hybridized carbons (Fsp3) is 1.00. The van der Waals surface area contributed by atoms with E-state index in [2.05, 4.69) is 48.5 Å². The highest BCUT2D eigenvalue weighted by molar-refractivity contribution is 4.65. The van der Waals surface area contributed by atoms with E-state index in [0.29, 0.717) is 0 Å². The van der Waals surface area contributed by atoms with E-state index in [1.807, 2.05) is 0 Å². The summed E-state index contributed by atoms with van der Waals surface area (Å²) in [4.78, 5) is 0. The molecule has 0 amide bonds. The van der Waals surface area contributed by atoms with E-state index in [0.717, 1.165) is 17.8 Å². The summed E-state index contributed by atoms with van der Waals surface area (Å²) in [6.45, 7) is 16.1. The molecule has 1 atom stereocenters. The highest BCUT2D eigenvalue weighted by Gasteiger charge is 2.14. The third-order valence-corrected chi connectivity index (χ3v) is 3.94. The van der Waals surface area contributed by atoms with Gasteiger partial charge in [0, 0.05) is 0 Å². The van der Waals surface area contributed by atoms with E-state index in [-0.39, 0.29) is 0 Å². The van der Waals surface area contributed by atoms with Crippen LogP contribution in [-0.2, 0) is 0 Å². The third-order valence-electron chi connectivity index (χ3n) is 3.94. The molecule has 0 nitrogen and oxygen atoms in total. The van der Waals surface area contributed by atoms with E-state index < -0.39 is 0 Å². The maximum atomic E-state index is 2.41. The minimum Gasteiger partial charge on any atom is -0.0654 e. The molecule has 1 unspecified atom stereocenters. The van der Waals surface area contributed by atoms with Gasteiger partial charge in [-0.2, -0.15) is 0 Å². The molecule has 0 bridgehead atoms. The lowest BCUT2D eigenvalue weighted by Gasteiger charge is -2.22. The van der Waals surface area contributed by atoms with Crippen molar-refractivity contribution in [2.24, 2.45) is 17.8 Å². The fourth-order valence-corrected chi connectivity index (χ4v) is 2.35. The van der Waals surface area contributed by atoms with Crippen LogP contribution in [0, 0.1) is 17.8 Å². The molecule has 0 heterocycles. The normalized spacial score (nSPS) is 12.5. The van der Waals surface area contributed by atoms with Crippen molar-refractivity contribution in [2.45, 2.75) is 99.8 Å². The molecule has 0 aliphatic heterocycles. The van der Waals surface area contributed by atoms with Gasteiger partial charge in [0.05, 0.1) is 0 Å². The van der Waals surface area contributed by atoms with E-state index in [1.54, 1.807) is 0 Å². The molecule has 0 heteroatoms. The number of hydrogen-bond donors (Lipinski definition) is 0. The Bertz CT molecular complexity index is 129. The van der Waals surface area contributed by atoms with E-state index in [1.165, 1.54) is 51.4 Å². The molecule has 0 rings (SSSR count). The first kappa shape index (κ1) is 20.3. The third kappa shape index (κ3) is 14.1. The van der Waals surface area contributed by atoms with Crippen molar-refractivity contribution in [3.8, 4) is 0 Å². The summed E-state index contributed by atoms with van der Waals surface area (Å²) in [6.07, 6.45) is 11.1. The summed E-state index contributed by atoms with van der Waals surface area (Å²) in [7, 11) is 0. The first-order valence-electron chi connectivity index (χ1n) is 8.53. The van der Waals surface area contributed by atoms with Crippen molar-refractivity contribution in [3.05, 3.63) is 0 Å². The second-order valence-corrected chi connectivity index (χ2v) is 6.25. The molecular formula is C18H40. The van der Waals surface area contributed by atoms with E-state index >= 15 is 0 Å². The average Bonchev–Trinajstić information content (AvgIpc) is 2.31. The quantitative estimate of drug-likeness (QED) is 0.413. The first-order valence-corrected chi connectivity index (χ1v) is 8.53. The minimum atomic E-state index is 0.858. The van der Waals surface area contributed by atoms with Crippen molar-refractivity contribution in [1.82, 2.24) is 0 Å². The molecule has 0 saturated heterocycles. The Morgan fingerprint density at radius 2 is 1.11 bits per heavy atom. The van der Waals surface area contributed by atoms with Gasteiger partial charge >= 0.3 is 0 Å². The zero-order valence-electron chi connectivity index (χ0n) is 14.4. The summed E-state index contributed by atoms with van der Waals surface area (Å²) < 4.78 is 0. The molecule has 112 valence electrons. The molecule has 18 heavy (non-hydrogen) atoms. The Morgan fingerprint density at radius 3 is 1.33 bits per heavy atom. The SMILES string of the molecule is CCCC(CCC)CC(C)C(C)C.CCCCC. The number of unbranched alkanes of at least 4 members (excludes halogenated alkanes) is 2. The van der Waals surface area contributed by atoms with Crippen LogP contribution in [0.15, 0.2) is 0 Å². The zero-order chi connectivity index (χ0) is 14.4. The smallest absolute Gasteiger partial charge is 0.0412 e. The van der Waals surface area contributed by atoms with Gasteiger partial charge in [-0.3, -0.25) is 0 Å². The lowest BCUT2D eigenvalue weighted by atomic mass is 9.84. The maximum Gasteiger partial charge on any atom is -0.0412 e. The largest absolute Gasteiger partial charge is 0.0654 e. The molecule has 0 spiro atoms. The van der Waals surface area contributed by atoms with Gasteiger partial charge in [-0.15, -0.1) is 0 Å². The van der Waals surface area contributed by atoms with Gasteiger partial charge in [-0.25, -0.2) is 0 Å². The van der Waals surface area contributed by atoms with Crippen molar-refractivity contribution >= 4 is 0 Å². The fourth-order valence-electron chi connectivity index (χ4n) is 2.35. The lowest BCUT2D eigenvalue weighted by Crippen LogP contribution is -2.11. The monoisotopic (exact) mass is 256 g/mol. The van der Waals surface area contributed by atoms with Crippen LogP contribution in [0.25, 0.3) is 0 Å². The molecule has 0 radical (unpaired) electrons. The van der Waals surface area contributed by atoms with Gasteiger partial charge in [0.25, 0.3) is 0 Å². The van der Waals surface area contributed by atoms with Crippen molar-refractivity contribution < 1.29 is 0 Å². The average molecular weight is 257 g/mol. The Balaban J connectivity index is 0. The van der Waals surface area contributed by atoms with Gasteiger partial charge in [0.2, 0.25) is 0 Å². The lowest BCUT2D eigenvalue weighted by molar-refractivity contribution is 0.292. The second-order valence-electron chi connectivity index (χ2n) is 6.25. The van der Waals surface area contributed by atoms with E-state index in [4.69, 9.17) is 0 Å². The molecule has 0 N–H and O–H groups in total. The maximum absolute atomic E-state index is 2.41. The Kier molecular flexibility index (Phi) is 17.0. The second kappa shape index (κ2) is 15.1. The summed E-state index contributed by atoms with van der Waals surface area (Å²) in [6, 6.07) is 0. The van der Waals surface area contributed by atoms with Crippen molar-refractivity contribution in [1.29, 1.82) is 0 Å². The predicted octanol–water partition coefficient (Wildman–Crippen LogP) is 7.08. The summed E-state index contributed by atoms with van der Waals surface area (Å²) in [5, 5.41) is 0. The molecule has 0 aliphatic rings. The molecule has 0 saturated carbocycles. The Labute approximate surface area is 118 Å². The number of hydrogen-bond acceptors (Lipinski definition) is 0. The molecular weight excluding hydrogens is 216 g/mol. The van der Waals surface area contributed by atoms with Gasteiger partial charge < -0.3 is 0 Å². The first-order chi connectivity index (χ1) is 8.53. The summed E-state index contributed by atoms with van der Waals surface area (Å²) in [5.41, 5.74) is 0. The highest BCUT2D eigenvalue weighted by Crippen LogP contribution is 2.26. The van der Waals surface area contributed by atoms with Crippen molar-refractivity contribution in [2.75, 3.05) is 0 Å². The van der Waals surface area contributed by atoms with Crippen LogP contribution in [-0.4, -0.2) is 0 Å². The van der Waals surface area contributed by atoms with Crippen LogP contribution >= 0.6 is 0 Å². The number of rotatable bonds is 9. The van der Waals surface area contributed by atoms with Crippen LogP contribution in [0.4, 0.5) is 0 Å². The van der Waals surface area contributed by atoms with E-state index in [9.17, 15) is 0 Å². The van der Waals surface area contributed by atoms with Gasteiger partial charge in [-0.1, -0.05) is 93.4 Å². The standard InChI is InChI=1S/C13H28.C5H12/c1-6-8-13(9-7-2)10-12(5)11(3)4;1-3-5-4-2/h11-13H,6-10H2,1-5H3;3-5H2,1-2H3. The van der Waals surface area contributed by atoms with Gasteiger partial charge in [-0.05, 0) is 24.2 Å². The molecule has 0 fully saturated rings. The van der Waals surface area contributed by atoms with Crippen LogP contribution in [0.5, 0.6) is 0 Å². The molecule has 0 aromatic heterocycles. The van der Waals surface area contributed by atoms with Gasteiger partial charge in [0.1, 0.15) is 0 Å². The minimum absolute atomic E-state index is 0.858. The van der Waals surface area contributed by atoms with Crippen LogP contribution in [0.2, 0.25) is 0 Å².